The summed E-state index contributed by atoms with van der Waals surface area (Å²) < 4.78 is 5.84. The first-order chi connectivity index (χ1) is 6.29. The summed E-state index contributed by atoms with van der Waals surface area (Å²) in [6.07, 6.45) is 2.30. The lowest BCUT2D eigenvalue weighted by Gasteiger charge is -2.18. The summed E-state index contributed by atoms with van der Waals surface area (Å²) in [5.41, 5.74) is 6.50. The fourth-order valence-electron chi connectivity index (χ4n) is 1.54. The first-order valence-electron chi connectivity index (χ1n) is 4.27. The van der Waals surface area contributed by atoms with Gasteiger partial charge in [-0.15, -0.1) is 0 Å². The van der Waals surface area contributed by atoms with Crippen LogP contribution in [0.15, 0.2) is 9.13 Å². The maximum Gasteiger partial charge on any atom is 0.172 e. The lowest BCUT2D eigenvalue weighted by molar-refractivity contribution is 0.351. The molecule has 0 aromatic carbocycles. The molecule has 0 amide bonds. The molecule has 0 radical (unpaired) electrons. The number of thioether (sulfide) groups is 1. The van der Waals surface area contributed by atoms with Crippen molar-refractivity contribution in [2.45, 2.75) is 18.8 Å². The third-order valence-electron chi connectivity index (χ3n) is 2.30. The van der Waals surface area contributed by atoms with E-state index in [0.717, 1.165) is 18.6 Å². The molecule has 2 heterocycles. The molecule has 1 fully saturated rings. The summed E-state index contributed by atoms with van der Waals surface area (Å²) in [5.74, 6) is 3.73. The minimum absolute atomic E-state index is 0.472. The molecule has 1 aliphatic rings. The van der Waals surface area contributed by atoms with Crippen LogP contribution in [0, 0.1) is 0 Å². The predicted octanol–water partition coefficient (Wildman–Crippen LogP) is 2.63. The fourth-order valence-corrected chi connectivity index (χ4v) is 2.92. The van der Waals surface area contributed by atoms with Crippen molar-refractivity contribution in [3.8, 4) is 0 Å². The highest BCUT2D eigenvalue weighted by molar-refractivity contribution is 9.10. The summed E-state index contributed by atoms with van der Waals surface area (Å²) in [7, 11) is 0. The van der Waals surface area contributed by atoms with Gasteiger partial charge < -0.3 is 10.3 Å². The Kier molecular flexibility index (Phi) is 2.83. The number of rotatable bonds is 1. The van der Waals surface area contributed by atoms with Crippen molar-refractivity contribution in [3.63, 3.8) is 0 Å². The maximum atomic E-state index is 5.82. The largest absolute Gasteiger partial charge is 0.394 e. The Balaban J connectivity index is 2.18. The first-order valence-corrected chi connectivity index (χ1v) is 6.22. The van der Waals surface area contributed by atoms with Crippen LogP contribution < -0.4 is 5.73 Å². The smallest absolute Gasteiger partial charge is 0.172 e. The van der Waals surface area contributed by atoms with Gasteiger partial charge >= 0.3 is 0 Å². The van der Waals surface area contributed by atoms with E-state index in [9.17, 15) is 0 Å². The van der Waals surface area contributed by atoms with Crippen LogP contribution in [0.2, 0.25) is 0 Å². The normalized spacial score (nSPS) is 19.2. The second-order valence-corrected chi connectivity index (χ2v) is 5.11. The lowest BCUT2D eigenvalue weighted by Crippen LogP contribution is -2.08. The molecule has 72 valence electrons. The summed E-state index contributed by atoms with van der Waals surface area (Å²) in [4.78, 5) is 0. The molecule has 3 nitrogen and oxygen atoms in total. The summed E-state index contributed by atoms with van der Waals surface area (Å²) in [5, 5.41) is 3.80. The van der Waals surface area contributed by atoms with Gasteiger partial charge in [-0.2, -0.15) is 11.8 Å². The summed E-state index contributed by atoms with van der Waals surface area (Å²) >= 11 is 5.24. The van der Waals surface area contributed by atoms with Crippen molar-refractivity contribution in [1.82, 2.24) is 5.16 Å². The van der Waals surface area contributed by atoms with E-state index in [2.05, 4.69) is 21.1 Å². The quantitative estimate of drug-likeness (QED) is 0.846. The molecule has 0 bridgehead atoms. The van der Waals surface area contributed by atoms with E-state index in [4.69, 9.17) is 10.3 Å². The van der Waals surface area contributed by atoms with Crippen molar-refractivity contribution in [3.05, 3.63) is 10.4 Å². The van der Waals surface area contributed by atoms with Gasteiger partial charge in [0, 0.05) is 5.92 Å². The van der Waals surface area contributed by atoms with Crippen molar-refractivity contribution in [1.29, 1.82) is 0 Å². The average Bonchev–Trinajstić information content (AvgIpc) is 2.49. The number of hydrogen-bond donors (Lipinski definition) is 1. The van der Waals surface area contributed by atoms with Crippen LogP contribution in [0.3, 0.4) is 0 Å². The molecule has 2 rings (SSSR count). The zero-order valence-corrected chi connectivity index (χ0v) is 9.53. The van der Waals surface area contributed by atoms with Gasteiger partial charge in [0.1, 0.15) is 5.69 Å². The van der Waals surface area contributed by atoms with E-state index in [0.29, 0.717) is 16.2 Å². The van der Waals surface area contributed by atoms with Crippen molar-refractivity contribution >= 4 is 33.4 Å². The fraction of sp³-hybridized carbons (Fsp3) is 0.625. The molecule has 1 aliphatic heterocycles. The zero-order chi connectivity index (χ0) is 9.26. The molecule has 1 aromatic heterocycles. The molecule has 1 saturated heterocycles. The summed E-state index contributed by atoms with van der Waals surface area (Å²) in [6.45, 7) is 0. The van der Waals surface area contributed by atoms with Gasteiger partial charge in [-0.3, -0.25) is 0 Å². The number of aromatic nitrogens is 1. The second-order valence-electron chi connectivity index (χ2n) is 3.14. The monoisotopic (exact) mass is 262 g/mol. The van der Waals surface area contributed by atoms with Gasteiger partial charge in [-0.1, -0.05) is 5.16 Å². The third-order valence-corrected chi connectivity index (χ3v) is 3.92. The van der Waals surface area contributed by atoms with Crippen LogP contribution in [0.4, 0.5) is 5.69 Å². The molecule has 1 aromatic rings. The van der Waals surface area contributed by atoms with E-state index in [1.165, 1.54) is 11.5 Å². The molecule has 0 saturated carbocycles. The molecule has 13 heavy (non-hydrogen) atoms. The second kappa shape index (κ2) is 3.92. The Hall–Kier alpha value is -0.160. The average molecular weight is 263 g/mol. The molecule has 5 heteroatoms. The maximum absolute atomic E-state index is 5.82. The number of nitrogens with zero attached hydrogens (tertiary/aromatic N) is 1. The molecule has 0 atom stereocenters. The number of nitrogen functional groups attached to an aromatic ring is 1. The highest BCUT2D eigenvalue weighted by Crippen LogP contribution is 2.36. The van der Waals surface area contributed by atoms with Gasteiger partial charge in [-0.25, -0.2) is 0 Å². The van der Waals surface area contributed by atoms with Gasteiger partial charge in [-0.05, 0) is 40.3 Å². The number of nitrogens with two attached hydrogens (primary N) is 1. The standard InChI is InChI=1S/C8H11BrN2OS/c9-8-6(10)7(12-11-8)5-1-3-13-4-2-5/h5H,1-4,10H2. The summed E-state index contributed by atoms with van der Waals surface area (Å²) in [6, 6.07) is 0. The predicted molar refractivity (Wildman–Crippen MR) is 57.9 cm³/mol. The zero-order valence-electron chi connectivity index (χ0n) is 7.12. The Bertz CT molecular complexity index is 296. The number of halogens is 1. The van der Waals surface area contributed by atoms with Crippen LogP contribution >= 0.6 is 27.7 Å². The Morgan fingerprint density at radius 1 is 1.46 bits per heavy atom. The third kappa shape index (κ3) is 1.86. The highest BCUT2D eigenvalue weighted by atomic mass is 79.9. The van der Waals surface area contributed by atoms with Crippen LogP contribution in [-0.4, -0.2) is 16.7 Å². The molecule has 2 N–H and O–H groups in total. The van der Waals surface area contributed by atoms with Crippen LogP contribution in [0.1, 0.15) is 24.5 Å². The first kappa shape index (κ1) is 9.40. The van der Waals surface area contributed by atoms with E-state index >= 15 is 0 Å². The number of hydrogen-bond acceptors (Lipinski definition) is 4. The molecule has 0 spiro atoms. The van der Waals surface area contributed by atoms with Crippen molar-refractivity contribution < 1.29 is 4.52 Å². The van der Waals surface area contributed by atoms with Crippen LogP contribution in [0.5, 0.6) is 0 Å². The van der Waals surface area contributed by atoms with Gasteiger partial charge in [0.15, 0.2) is 10.4 Å². The van der Waals surface area contributed by atoms with Crippen LogP contribution in [-0.2, 0) is 0 Å². The van der Waals surface area contributed by atoms with E-state index in [-0.39, 0.29) is 0 Å². The topological polar surface area (TPSA) is 52.0 Å². The lowest BCUT2D eigenvalue weighted by atomic mass is 9.99. The minimum atomic E-state index is 0.472. The molecular formula is C8H11BrN2OS. The number of anilines is 1. The highest BCUT2D eigenvalue weighted by Gasteiger charge is 2.23. The van der Waals surface area contributed by atoms with Gasteiger partial charge in [0.05, 0.1) is 0 Å². The van der Waals surface area contributed by atoms with Gasteiger partial charge in [0.25, 0.3) is 0 Å². The molecule has 0 unspecified atom stereocenters. The van der Waals surface area contributed by atoms with Crippen molar-refractivity contribution in [2.24, 2.45) is 0 Å². The Morgan fingerprint density at radius 2 is 2.15 bits per heavy atom. The van der Waals surface area contributed by atoms with E-state index in [1.54, 1.807) is 0 Å². The van der Waals surface area contributed by atoms with Gasteiger partial charge in [0.2, 0.25) is 0 Å². The molecular weight excluding hydrogens is 252 g/mol. The SMILES string of the molecule is Nc1c(Br)noc1C1CCSCC1. The van der Waals surface area contributed by atoms with E-state index < -0.39 is 0 Å². The Morgan fingerprint density at radius 3 is 2.69 bits per heavy atom. The Labute approximate surface area is 89.5 Å². The van der Waals surface area contributed by atoms with E-state index in [1.807, 2.05) is 11.8 Å². The van der Waals surface area contributed by atoms with Crippen molar-refractivity contribution in [2.75, 3.05) is 17.2 Å². The minimum Gasteiger partial charge on any atom is -0.394 e. The van der Waals surface area contributed by atoms with Crippen LogP contribution in [0.25, 0.3) is 0 Å². The molecule has 0 aliphatic carbocycles.